The van der Waals surface area contributed by atoms with Gasteiger partial charge in [0.25, 0.3) is 5.66 Å². The number of hydrogen-bond donors (Lipinski definition) is 4. The second-order valence-electron chi connectivity index (χ2n) is 8.54. The minimum absolute atomic E-state index is 0.0112. The van der Waals surface area contributed by atoms with Crippen molar-refractivity contribution in [1.82, 2.24) is 16.0 Å². The maximum Gasteiger partial charge on any atom is 0.302 e. The Hall–Kier alpha value is -4.50. The number of nitrogens with one attached hydrogen (secondary N) is 4. The maximum atomic E-state index is 13.3. The van der Waals surface area contributed by atoms with Crippen LogP contribution in [0.1, 0.15) is 27.7 Å². The van der Waals surface area contributed by atoms with Gasteiger partial charge in [-0.1, -0.05) is 68.4 Å². The number of nitrogens with zero attached hydrogens (tertiary/aromatic N) is 2. The number of amides is 3. The fourth-order valence-electron chi connectivity index (χ4n) is 3.69. The van der Waals surface area contributed by atoms with E-state index in [-0.39, 0.29) is 5.84 Å². The van der Waals surface area contributed by atoms with Crippen LogP contribution < -0.4 is 26.3 Å². The van der Waals surface area contributed by atoms with Gasteiger partial charge in [0.1, 0.15) is 0 Å². The Morgan fingerprint density at radius 3 is 1.82 bits per heavy atom. The third kappa shape index (κ3) is 7.27. The molecule has 9 heteroatoms. The molecule has 0 aromatic heterocycles. The number of para-hydroxylation sites is 2. The number of carbonyl (C=O) groups is 3. The number of hydrazone groups is 1. The van der Waals surface area contributed by atoms with Crippen molar-refractivity contribution in [3.05, 3.63) is 84.9 Å². The van der Waals surface area contributed by atoms with Crippen LogP contribution >= 0.6 is 0 Å². The number of benzene rings is 3. The van der Waals surface area contributed by atoms with Gasteiger partial charge >= 0.3 is 5.91 Å². The fourth-order valence-corrected chi connectivity index (χ4v) is 3.69. The second-order valence-corrected chi connectivity index (χ2v) is 8.54. The van der Waals surface area contributed by atoms with E-state index in [4.69, 9.17) is 0 Å². The average molecular weight is 515 g/mol. The van der Waals surface area contributed by atoms with E-state index in [1.165, 1.54) is 25.0 Å². The lowest BCUT2D eigenvalue weighted by Gasteiger charge is -2.31. The molecule has 38 heavy (non-hydrogen) atoms. The summed E-state index contributed by atoms with van der Waals surface area (Å²) in [6, 6.07) is 26.1. The zero-order valence-electron chi connectivity index (χ0n) is 22.1. The molecule has 1 heterocycles. The zero-order valence-corrected chi connectivity index (χ0v) is 22.1. The van der Waals surface area contributed by atoms with Gasteiger partial charge in [0.15, 0.2) is 5.84 Å². The molecule has 9 nitrogen and oxygen atoms in total. The zero-order chi connectivity index (χ0) is 27.5. The molecule has 2 aromatic rings. The Kier molecular flexibility index (Phi) is 9.72. The van der Waals surface area contributed by atoms with Gasteiger partial charge in [-0.25, -0.2) is 0 Å². The SMILES string of the molecule is CC(=O)NC1=NN(c2ccccc2)C(=O)C1(NC(C)=O)Nc1ccccc1.CCNCC.c1cc2cc-2c1. The number of fused-ring (bicyclic) bond motifs is 1. The van der Waals surface area contributed by atoms with Gasteiger partial charge in [0.05, 0.1) is 5.69 Å². The largest absolute Gasteiger partial charge is 0.348 e. The summed E-state index contributed by atoms with van der Waals surface area (Å²) in [7, 11) is 0. The third-order valence-corrected chi connectivity index (χ3v) is 5.45. The molecule has 2 aliphatic carbocycles. The van der Waals surface area contributed by atoms with Crippen molar-refractivity contribution < 1.29 is 14.4 Å². The van der Waals surface area contributed by atoms with Crippen LogP contribution in [0.25, 0.3) is 11.1 Å². The van der Waals surface area contributed by atoms with Gasteiger partial charge in [0.2, 0.25) is 11.8 Å². The predicted octanol–water partition coefficient (Wildman–Crippen LogP) is 3.71. The molecule has 0 saturated heterocycles. The molecule has 5 rings (SSSR count). The summed E-state index contributed by atoms with van der Waals surface area (Å²) < 4.78 is 0. The first-order valence-electron chi connectivity index (χ1n) is 12.5. The van der Waals surface area contributed by atoms with Crippen LogP contribution in [0, 0.1) is 0 Å². The summed E-state index contributed by atoms with van der Waals surface area (Å²) in [5.74, 6) is -1.43. The Morgan fingerprint density at radius 2 is 1.39 bits per heavy atom. The van der Waals surface area contributed by atoms with E-state index >= 15 is 0 Å². The van der Waals surface area contributed by atoms with E-state index < -0.39 is 23.4 Å². The molecule has 0 spiro atoms. The van der Waals surface area contributed by atoms with Gasteiger partial charge in [-0.15, -0.1) is 5.10 Å². The first-order chi connectivity index (χ1) is 18.3. The molecule has 4 N–H and O–H groups in total. The number of anilines is 2. The number of rotatable bonds is 6. The summed E-state index contributed by atoms with van der Waals surface area (Å²) in [5.41, 5.74) is 2.19. The van der Waals surface area contributed by atoms with Crippen molar-refractivity contribution in [2.24, 2.45) is 5.10 Å². The van der Waals surface area contributed by atoms with Gasteiger partial charge in [-0.05, 0) is 54.5 Å². The topological polar surface area (TPSA) is 115 Å². The maximum absolute atomic E-state index is 13.3. The van der Waals surface area contributed by atoms with Crippen LogP contribution in [0.3, 0.4) is 0 Å². The minimum atomic E-state index is -1.74. The Bertz CT molecular complexity index is 1260. The Morgan fingerprint density at radius 1 is 0.816 bits per heavy atom. The van der Waals surface area contributed by atoms with E-state index in [1.54, 1.807) is 48.5 Å². The summed E-state index contributed by atoms with van der Waals surface area (Å²) in [4.78, 5) is 37.0. The van der Waals surface area contributed by atoms with Crippen LogP contribution in [0.2, 0.25) is 0 Å². The van der Waals surface area contributed by atoms with Crippen molar-refractivity contribution in [2.75, 3.05) is 23.4 Å². The fraction of sp³-hybridized carbons (Fsp3) is 0.241. The van der Waals surface area contributed by atoms with Crippen LogP contribution in [-0.2, 0) is 14.4 Å². The molecule has 3 amide bonds. The molecular weight excluding hydrogens is 480 g/mol. The second kappa shape index (κ2) is 13.2. The molecule has 1 unspecified atom stereocenters. The average Bonchev–Trinajstić information content (AvgIpc) is 3.42. The minimum Gasteiger partial charge on any atom is -0.348 e. The quantitative estimate of drug-likeness (QED) is 0.293. The molecule has 0 bridgehead atoms. The first-order valence-corrected chi connectivity index (χ1v) is 12.5. The highest BCUT2D eigenvalue weighted by Crippen LogP contribution is 2.32. The number of carbonyl (C=O) groups excluding carboxylic acids is 3. The molecule has 0 fully saturated rings. The van der Waals surface area contributed by atoms with Crippen LogP contribution in [-0.4, -0.2) is 42.3 Å². The van der Waals surface area contributed by atoms with Gasteiger partial charge in [-0.2, -0.15) is 5.01 Å². The van der Waals surface area contributed by atoms with Crippen molar-refractivity contribution in [3.63, 3.8) is 0 Å². The number of hydrogen-bond acceptors (Lipinski definition) is 6. The van der Waals surface area contributed by atoms with E-state index in [0.717, 1.165) is 18.1 Å². The third-order valence-electron chi connectivity index (χ3n) is 5.45. The lowest BCUT2D eigenvalue weighted by molar-refractivity contribution is -0.127. The summed E-state index contributed by atoms with van der Waals surface area (Å²) in [6.07, 6.45) is 0. The van der Waals surface area contributed by atoms with Crippen molar-refractivity contribution >= 4 is 34.9 Å². The van der Waals surface area contributed by atoms with Crippen LogP contribution in [0.5, 0.6) is 0 Å². The Labute approximate surface area is 223 Å². The molecule has 0 saturated carbocycles. The lowest BCUT2D eigenvalue weighted by atomic mass is 10.1. The van der Waals surface area contributed by atoms with Crippen molar-refractivity contribution in [1.29, 1.82) is 0 Å². The molecule has 1 atom stereocenters. The smallest absolute Gasteiger partial charge is 0.302 e. The van der Waals surface area contributed by atoms with Crippen molar-refractivity contribution in [2.45, 2.75) is 33.4 Å². The summed E-state index contributed by atoms with van der Waals surface area (Å²) in [5, 5.41) is 16.7. The highest BCUT2D eigenvalue weighted by molar-refractivity contribution is 6.27. The molecule has 0 radical (unpaired) electrons. The van der Waals surface area contributed by atoms with Gasteiger partial charge < -0.3 is 21.3 Å². The Balaban J connectivity index is 0.000000298. The number of amidine groups is 1. The molecule has 3 aliphatic rings. The predicted molar refractivity (Wildman–Crippen MR) is 151 cm³/mol. The van der Waals surface area contributed by atoms with Crippen LogP contribution in [0.4, 0.5) is 11.4 Å². The summed E-state index contributed by atoms with van der Waals surface area (Å²) >= 11 is 0. The monoisotopic (exact) mass is 514 g/mol. The van der Waals surface area contributed by atoms with Gasteiger partial charge in [-0.3, -0.25) is 14.4 Å². The highest BCUT2D eigenvalue weighted by Gasteiger charge is 2.53. The first kappa shape index (κ1) is 28.1. The van der Waals surface area contributed by atoms with E-state index in [9.17, 15) is 14.4 Å². The molecule has 1 aliphatic heterocycles. The molecule has 198 valence electrons. The van der Waals surface area contributed by atoms with Crippen LogP contribution in [0.15, 0.2) is 90.0 Å². The van der Waals surface area contributed by atoms with Gasteiger partial charge in [0, 0.05) is 19.5 Å². The molecule has 2 aromatic carbocycles. The lowest BCUT2D eigenvalue weighted by Crippen LogP contribution is -2.67. The van der Waals surface area contributed by atoms with E-state index in [2.05, 4.69) is 64.5 Å². The van der Waals surface area contributed by atoms with E-state index in [1.807, 2.05) is 12.1 Å². The standard InChI is InChI=1S/C19H19N5O3.C6H4.C4H11N/c1-13(25)20-17-19(21-14(2)26,22-15-9-5-3-6-10-15)18(27)24(23-17)16-11-7-4-8-12-16;1-2-5-4-6(5)3-1;1-3-5-4-2/h3-12,22H,1-2H3,(H,21,26)(H,20,23,25);1-4H;5H,3-4H2,1-2H3. The molecular formula is C29H34N6O3. The highest BCUT2D eigenvalue weighted by atomic mass is 16.2. The van der Waals surface area contributed by atoms with E-state index in [0.29, 0.717) is 11.4 Å². The normalized spacial score (nSPS) is 16.2. The van der Waals surface area contributed by atoms with Crippen molar-refractivity contribution in [3.8, 4) is 11.1 Å². The summed E-state index contributed by atoms with van der Waals surface area (Å²) in [6.45, 7) is 8.98.